The lowest BCUT2D eigenvalue weighted by atomic mass is 10.1. The molecule has 1 rings (SSSR count). The fourth-order valence-corrected chi connectivity index (χ4v) is 1.98. The van der Waals surface area contributed by atoms with Gasteiger partial charge in [-0.15, -0.1) is 0 Å². The van der Waals surface area contributed by atoms with Gasteiger partial charge in [0.25, 0.3) is 0 Å². The van der Waals surface area contributed by atoms with Gasteiger partial charge in [-0.25, -0.2) is 0 Å². The summed E-state index contributed by atoms with van der Waals surface area (Å²) in [5, 5.41) is 0. The topological polar surface area (TPSA) is 29.3 Å². The van der Waals surface area contributed by atoms with E-state index in [1.807, 2.05) is 0 Å². The summed E-state index contributed by atoms with van der Waals surface area (Å²) in [4.78, 5) is 2.39. The third-order valence-electron chi connectivity index (χ3n) is 3.06. The molecule has 0 aliphatic carbocycles. The maximum atomic E-state index is 5.74. The van der Waals surface area contributed by atoms with E-state index in [9.17, 15) is 0 Å². The minimum atomic E-state index is 0.333. The SMILES string of the molecule is Cc1cccc(CCN(C)CCCC(C)N)c1. The van der Waals surface area contributed by atoms with Gasteiger partial charge in [0.2, 0.25) is 0 Å². The van der Waals surface area contributed by atoms with Crippen molar-refractivity contribution in [2.24, 2.45) is 5.73 Å². The van der Waals surface area contributed by atoms with E-state index >= 15 is 0 Å². The van der Waals surface area contributed by atoms with Crippen LogP contribution in [0.2, 0.25) is 0 Å². The second-order valence-corrected chi connectivity index (χ2v) is 5.16. The summed E-state index contributed by atoms with van der Waals surface area (Å²) in [5.74, 6) is 0. The van der Waals surface area contributed by atoms with Gasteiger partial charge in [0.05, 0.1) is 0 Å². The number of hydrogen-bond acceptors (Lipinski definition) is 2. The van der Waals surface area contributed by atoms with Crippen LogP contribution < -0.4 is 5.73 Å². The van der Waals surface area contributed by atoms with E-state index in [2.05, 4.69) is 50.1 Å². The second kappa shape index (κ2) is 7.46. The molecular weight excluding hydrogens is 208 g/mol. The van der Waals surface area contributed by atoms with Gasteiger partial charge in [-0.1, -0.05) is 29.8 Å². The molecule has 0 spiro atoms. The maximum absolute atomic E-state index is 5.74. The van der Waals surface area contributed by atoms with Gasteiger partial charge in [-0.3, -0.25) is 0 Å². The van der Waals surface area contributed by atoms with Gasteiger partial charge in [-0.2, -0.15) is 0 Å². The number of likely N-dealkylation sites (N-methyl/N-ethyl adjacent to an activating group) is 1. The summed E-state index contributed by atoms with van der Waals surface area (Å²) in [7, 11) is 2.19. The predicted octanol–water partition coefficient (Wildman–Crippen LogP) is 2.60. The summed E-state index contributed by atoms with van der Waals surface area (Å²) in [6.07, 6.45) is 3.45. The van der Waals surface area contributed by atoms with Gasteiger partial charge in [0.1, 0.15) is 0 Å². The maximum Gasteiger partial charge on any atom is 0.00188 e. The Bertz CT molecular complexity index is 320. The highest BCUT2D eigenvalue weighted by molar-refractivity contribution is 5.22. The zero-order chi connectivity index (χ0) is 12.7. The van der Waals surface area contributed by atoms with Gasteiger partial charge in [0, 0.05) is 12.6 Å². The molecule has 1 aromatic carbocycles. The molecule has 0 heterocycles. The number of rotatable bonds is 7. The molecule has 96 valence electrons. The Morgan fingerprint density at radius 1 is 1.29 bits per heavy atom. The van der Waals surface area contributed by atoms with Gasteiger partial charge in [-0.05, 0) is 52.3 Å². The Labute approximate surface area is 106 Å². The highest BCUT2D eigenvalue weighted by atomic mass is 15.1. The van der Waals surface area contributed by atoms with Crippen LogP contribution in [0.4, 0.5) is 0 Å². The first-order valence-electron chi connectivity index (χ1n) is 6.57. The molecule has 1 atom stereocenters. The molecule has 0 aromatic heterocycles. The fraction of sp³-hybridized carbons (Fsp3) is 0.600. The van der Waals surface area contributed by atoms with Gasteiger partial charge in [0.15, 0.2) is 0 Å². The molecule has 0 amide bonds. The molecule has 0 bridgehead atoms. The van der Waals surface area contributed by atoms with Crippen LogP contribution in [0.1, 0.15) is 30.9 Å². The Morgan fingerprint density at radius 3 is 2.71 bits per heavy atom. The van der Waals surface area contributed by atoms with Crippen LogP contribution >= 0.6 is 0 Å². The summed E-state index contributed by atoms with van der Waals surface area (Å²) in [6.45, 7) is 6.50. The molecular formula is C15H26N2. The number of hydrogen-bond donors (Lipinski definition) is 1. The number of aryl methyl sites for hydroxylation is 1. The first-order chi connectivity index (χ1) is 8.08. The van der Waals surface area contributed by atoms with Crippen LogP contribution in [0.5, 0.6) is 0 Å². The van der Waals surface area contributed by atoms with Crippen molar-refractivity contribution in [1.82, 2.24) is 4.90 Å². The highest BCUT2D eigenvalue weighted by Crippen LogP contribution is 2.05. The van der Waals surface area contributed by atoms with Gasteiger partial charge < -0.3 is 10.6 Å². The number of nitrogens with two attached hydrogens (primary N) is 1. The number of nitrogens with zero attached hydrogens (tertiary/aromatic N) is 1. The molecule has 1 aromatic rings. The van der Waals surface area contributed by atoms with Crippen molar-refractivity contribution < 1.29 is 0 Å². The Kier molecular flexibility index (Phi) is 6.23. The quantitative estimate of drug-likeness (QED) is 0.786. The molecule has 2 N–H and O–H groups in total. The average Bonchev–Trinajstić information content (AvgIpc) is 2.26. The zero-order valence-electron chi connectivity index (χ0n) is 11.4. The van der Waals surface area contributed by atoms with Crippen LogP contribution in [0.3, 0.4) is 0 Å². The van der Waals surface area contributed by atoms with E-state index in [-0.39, 0.29) is 0 Å². The molecule has 0 aliphatic heterocycles. The predicted molar refractivity (Wildman–Crippen MR) is 75.3 cm³/mol. The lowest BCUT2D eigenvalue weighted by Crippen LogP contribution is -2.24. The molecule has 2 heteroatoms. The van der Waals surface area contributed by atoms with Crippen LogP contribution in [0.15, 0.2) is 24.3 Å². The Hall–Kier alpha value is -0.860. The van der Waals surface area contributed by atoms with Crippen molar-refractivity contribution in [1.29, 1.82) is 0 Å². The lowest BCUT2D eigenvalue weighted by molar-refractivity contribution is 0.326. The normalized spacial score (nSPS) is 13.0. The first kappa shape index (κ1) is 14.2. The largest absolute Gasteiger partial charge is 0.328 e. The molecule has 17 heavy (non-hydrogen) atoms. The third kappa shape index (κ3) is 6.44. The minimum absolute atomic E-state index is 0.333. The molecule has 0 saturated carbocycles. The second-order valence-electron chi connectivity index (χ2n) is 5.16. The molecule has 0 aliphatic rings. The van der Waals surface area contributed by atoms with E-state index in [4.69, 9.17) is 5.73 Å². The van der Waals surface area contributed by atoms with Gasteiger partial charge >= 0.3 is 0 Å². The standard InChI is InChI=1S/C15H26N2/c1-13-6-4-8-15(12-13)9-11-17(3)10-5-7-14(2)16/h4,6,8,12,14H,5,7,9-11,16H2,1-3H3. The molecule has 0 radical (unpaired) electrons. The van der Waals surface area contributed by atoms with Crippen molar-refractivity contribution >= 4 is 0 Å². The lowest BCUT2D eigenvalue weighted by Gasteiger charge is -2.17. The van der Waals surface area contributed by atoms with E-state index in [1.54, 1.807) is 0 Å². The molecule has 0 fully saturated rings. The summed E-state index contributed by atoms with van der Waals surface area (Å²) >= 11 is 0. The Morgan fingerprint density at radius 2 is 2.06 bits per heavy atom. The summed E-state index contributed by atoms with van der Waals surface area (Å²) in [5.41, 5.74) is 8.53. The van der Waals surface area contributed by atoms with Crippen LogP contribution in [0, 0.1) is 6.92 Å². The summed E-state index contributed by atoms with van der Waals surface area (Å²) < 4.78 is 0. The fourth-order valence-electron chi connectivity index (χ4n) is 1.98. The molecule has 2 nitrogen and oxygen atoms in total. The van der Waals surface area contributed by atoms with Crippen LogP contribution in [-0.4, -0.2) is 31.1 Å². The molecule has 0 saturated heterocycles. The zero-order valence-corrected chi connectivity index (χ0v) is 11.4. The monoisotopic (exact) mass is 234 g/mol. The van der Waals surface area contributed by atoms with Crippen LogP contribution in [-0.2, 0) is 6.42 Å². The van der Waals surface area contributed by atoms with Crippen molar-refractivity contribution in [3.8, 4) is 0 Å². The minimum Gasteiger partial charge on any atom is -0.328 e. The van der Waals surface area contributed by atoms with Crippen molar-refractivity contribution in [2.75, 3.05) is 20.1 Å². The third-order valence-corrected chi connectivity index (χ3v) is 3.06. The Balaban J connectivity index is 2.21. The van der Waals surface area contributed by atoms with E-state index in [1.165, 1.54) is 17.5 Å². The van der Waals surface area contributed by atoms with Crippen LogP contribution in [0.25, 0.3) is 0 Å². The van der Waals surface area contributed by atoms with Crippen molar-refractivity contribution in [3.63, 3.8) is 0 Å². The average molecular weight is 234 g/mol. The molecule has 1 unspecified atom stereocenters. The highest BCUT2D eigenvalue weighted by Gasteiger charge is 2.01. The smallest absolute Gasteiger partial charge is 0.00188 e. The number of benzene rings is 1. The first-order valence-corrected chi connectivity index (χ1v) is 6.57. The van der Waals surface area contributed by atoms with E-state index < -0.39 is 0 Å². The van der Waals surface area contributed by atoms with E-state index in [0.29, 0.717) is 6.04 Å². The van der Waals surface area contributed by atoms with Crippen molar-refractivity contribution in [3.05, 3.63) is 35.4 Å². The summed E-state index contributed by atoms with van der Waals surface area (Å²) in [6, 6.07) is 9.11. The van der Waals surface area contributed by atoms with E-state index in [0.717, 1.165) is 25.9 Å². The van der Waals surface area contributed by atoms with Crippen molar-refractivity contribution in [2.45, 2.75) is 39.2 Å².